The van der Waals surface area contributed by atoms with E-state index >= 15 is 0 Å². The molecule has 0 bridgehead atoms. The van der Waals surface area contributed by atoms with E-state index in [9.17, 15) is 9.59 Å². The van der Waals surface area contributed by atoms with Crippen LogP contribution in [0.15, 0.2) is 18.2 Å². The molecule has 1 atom stereocenters. The van der Waals surface area contributed by atoms with Gasteiger partial charge in [-0.05, 0) is 32.2 Å². The lowest BCUT2D eigenvalue weighted by atomic mass is 10.1. The van der Waals surface area contributed by atoms with Crippen LogP contribution in [0.1, 0.15) is 17.3 Å². The van der Waals surface area contributed by atoms with Crippen LogP contribution in [0.5, 0.6) is 5.75 Å². The monoisotopic (exact) mass is 299 g/mol. The number of nitrogens with one attached hydrogen (secondary N) is 3. The van der Waals surface area contributed by atoms with E-state index in [1.165, 1.54) is 0 Å². The summed E-state index contributed by atoms with van der Waals surface area (Å²) >= 11 is 0. The van der Waals surface area contributed by atoms with Crippen LogP contribution < -0.4 is 20.7 Å². The van der Waals surface area contributed by atoms with Gasteiger partial charge in [-0.25, -0.2) is 0 Å². The van der Waals surface area contributed by atoms with Crippen molar-refractivity contribution in [2.24, 2.45) is 0 Å². The molecule has 0 aromatic heterocycles. The second kappa shape index (κ2) is 7.12. The molecule has 0 fully saturated rings. The quantitative estimate of drug-likeness (QED) is 0.767. The number of amides is 2. The summed E-state index contributed by atoms with van der Waals surface area (Å²) in [5.74, 6) is 0.193. The van der Waals surface area contributed by atoms with Crippen molar-refractivity contribution in [3.05, 3.63) is 23.8 Å². The van der Waals surface area contributed by atoms with Crippen molar-refractivity contribution in [1.29, 1.82) is 0 Å². The molecule has 1 aliphatic rings. The Balaban J connectivity index is 0.00000200. The van der Waals surface area contributed by atoms with Gasteiger partial charge < -0.3 is 20.7 Å². The summed E-state index contributed by atoms with van der Waals surface area (Å²) in [4.78, 5) is 23.2. The average Bonchev–Trinajstić information content (AvgIpc) is 2.43. The molecule has 1 aromatic rings. The highest BCUT2D eigenvalue weighted by molar-refractivity contribution is 5.99. The first-order chi connectivity index (χ1) is 9.10. The zero-order valence-electron chi connectivity index (χ0n) is 11.4. The summed E-state index contributed by atoms with van der Waals surface area (Å²) in [6.45, 7) is 2.52. The van der Waals surface area contributed by atoms with E-state index in [0.29, 0.717) is 23.5 Å². The number of rotatable bonds is 4. The zero-order valence-corrected chi connectivity index (χ0v) is 12.2. The summed E-state index contributed by atoms with van der Waals surface area (Å²) in [6, 6.07) is 5.18. The fourth-order valence-electron chi connectivity index (χ4n) is 1.67. The van der Waals surface area contributed by atoms with E-state index in [1.807, 2.05) is 14.0 Å². The SMILES string of the molecule is CNC(C)CNC(=O)c1ccc2c(c1)NC(=O)CO2.Cl. The predicted molar refractivity (Wildman–Crippen MR) is 78.7 cm³/mol. The molecule has 1 aromatic carbocycles. The van der Waals surface area contributed by atoms with Crippen LogP contribution in [-0.4, -0.2) is 38.1 Å². The maximum absolute atomic E-state index is 11.9. The smallest absolute Gasteiger partial charge is 0.262 e. The second-order valence-corrected chi connectivity index (χ2v) is 4.45. The molecule has 1 heterocycles. The minimum Gasteiger partial charge on any atom is -0.482 e. The number of fused-ring (bicyclic) bond motifs is 1. The Morgan fingerprint density at radius 3 is 2.95 bits per heavy atom. The van der Waals surface area contributed by atoms with E-state index in [4.69, 9.17) is 4.74 Å². The van der Waals surface area contributed by atoms with Crippen LogP contribution in [0.4, 0.5) is 5.69 Å². The first-order valence-electron chi connectivity index (χ1n) is 6.12. The van der Waals surface area contributed by atoms with Crippen molar-refractivity contribution in [2.75, 3.05) is 25.5 Å². The minimum atomic E-state index is -0.214. The minimum absolute atomic E-state index is 0. The molecule has 1 aliphatic heterocycles. The van der Waals surface area contributed by atoms with Gasteiger partial charge in [0.15, 0.2) is 6.61 Å². The third kappa shape index (κ3) is 3.85. The molecule has 0 saturated heterocycles. The number of hydrogen-bond acceptors (Lipinski definition) is 4. The first-order valence-corrected chi connectivity index (χ1v) is 6.12. The van der Waals surface area contributed by atoms with E-state index in [-0.39, 0.29) is 36.9 Å². The lowest BCUT2D eigenvalue weighted by Gasteiger charge is -2.18. The number of likely N-dealkylation sites (N-methyl/N-ethyl adjacent to an activating group) is 1. The number of halogens is 1. The Bertz CT molecular complexity index is 508. The molecule has 110 valence electrons. The van der Waals surface area contributed by atoms with Gasteiger partial charge >= 0.3 is 0 Å². The molecule has 1 unspecified atom stereocenters. The normalized spacial score (nSPS) is 14.2. The van der Waals surface area contributed by atoms with Gasteiger partial charge in [-0.1, -0.05) is 0 Å². The largest absolute Gasteiger partial charge is 0.482 e. The molecule has 20 heavy (non-hydrogen) atoms. The summed E-state index contributed by atoms with van der Waals surface area (Å²) in [5, 5.41) is 8.52. The number of anilines is 1. The van der Waals surface area contributed by atoms with Crippen LogP contribution in [0.2, 0.25) is 0 Å². The lowest BCUT2D eigenvalue weighted by molar-refractivity contribution is -0.118. The third-order valence-corrected chi connectivity index (χ3v) is 2.94. The highest BCUT2D eigenvalue weighted by atomic mass is 35.5. The van der Waals surface area contributed by atoms with Crippen molar-refractivity contribution in [2.45, 2.75) is 13.0 Å². The van der Waals surface area contributed by atoms with Gasteiger partial charge in [0.1, 0.15) is 5.75 Å². The van der Waals surface area contributed by atoms with Crippen LogP contribution in [0.3, 0.4) is 0 Å². The second-order valence-electron chi connectivity index (χ2n) is 4.45. The molecule has 0 radical (unpaired) electrons. The number of ether oxygens (including phenoxy) is 1. The fourth-order valence-corrected chi connectivity index (χ4v) is 1.67. The highest BCUT2D eigenvalue weighted by Crippen LogP contribution is 2.28. The Hall–Kier alpha value is -1.79. The van der Waals surface area contributed by atoms with Crippen molar-refractivity contribution in [3.8, 4) is 5.75 Å². The number of hydrogen-bond donors (Lipinski definition) is 3. The number of carbonyl (C=O) groups excluding carboxylic acids is 2. The van der Waals surface area contributed by atoms with Crippen LogP contribution in [0, 0.1) is 0 Å². The molecule has 0 aliphatic carbocycles. The van der Waals surface area contributed by atoms with Gasteiger partial charge in [-0.3, -0.25) is 9.59 Å². The average molecular weight is 300 g/mol. The fraction of sp³-hybridized carbons (Fsp3) is 0.385. The number of carbonyl (C=O) groups is 2. The third-order valence-electron chi connectivity index (χ3n) is 2.94. The van der Waals surface area contributed by atoms with Gasteiger partial charge in [0.2, 0.25) is 0 Å². The summed E-state index contributed by atoms with van der Waals surface area (Å²) in [5.41, 5.74) is 1.03. The Labute approximate surface area is 123 Å². The van der Waals surface area contributed by atoms with Gasteiger partial charge in [-0.15, -0.1) is 12.4 Å². The van der Waals surface area contributed by atoms with Gasteiger partial charge in [0.25, 0.3) is 11.8 Å². The molecule has 6 nitrogen and oxygen atoms in total. The standard InChI is InChI=1S/C13H17N3O3.ClH/c1-8(14-2)6-15-13(18)9-3-4-11-10(5-9)16-12(17)7-19-11;/h3-5,8,14H,6-7H2,1-2H3,(H,15,18)(H,16,17);1H. The Kier molecular flexibility index (Phi) is 5.79. The Morgan fingerprint density at radius 2 is 2.25 bits per heavy atom. The Morgan fingerprint density at radius 1 is 1.50 bits per heavy atom. The summed E-state index contributed by atoms with van der Waals surface area (Å²) < 4.78 is 5.23. The van der Waals surface area contributed by atoms with E-state index in [2.05, 4.69) is 16.0 Å². The molecule has 0 spiro atoms. The van der Waals surface area contributed by atoms with Gasteiger partial charge in [0, 0.05) is 18.2 Å². The van der Waals surface area contributed by atoms with Crippen LogP contribution in [0.25, 0.3) is 0 Å². The topological polar surface area (TPSA) is 79.5 Å². The lowest BCUT2D eigenvalue weighted by Crippen LogP contribution is -2.37. The zero-order chi connectivity index (χ0) is 13.8. The predicted octanol–water partition coefficient (Wildman–Crippen LogP) is 0.777. The molecular weight excluding hydrogens is 282 g/mol. The molecule has 0 saturated carbocycles. The summed E-state index contributed by atoms with van der Waals surface area (Å²) in [6.07, 6.45) is 0. The highest BCUT2D eigenvalue weighted by Gasteiger charge is 2.17. The number of benzene rings is 1. The maximum Gasteiger partial charge on any atom is 0.262 e. The van der Waals surface area contributed by atoms with Crippen molar-refractivity contribution < 1.29 is 14.3 Å². The van der Waals surface area contributed by atoms with Crippen LogP contribution >= 0.6 is 12.4 Å². The molecule has 2 rings (SSSR count). The maximum atomic E-state index is 11.9. The van der Waals surface area contributed by atoms with E-state index in [1.54, 1.807) is 18.2 Å². The molecule has 3 N–H and O–H groups in total. The van der Waals surface area contributed by atoms with E-state index < -0.39 is 0 Å². The van der Waals surface area contributed by atoms with Crippen LogP contribution in [-0.2, 0) is 4.79 Å². The molecule has 7 heteroatoms. The van der Waals surface area contributed by atoms with Crippen molar-refractivity contribution in [1.82, 2.24) is 10.6 Å². The summed E-state index contributed by atoms with van der Waals surface area (Å²) in [7, 11) is 1.84. The van der Waals surface area contributed by atoms with Gasteiger partial charge in [-0.2, -0.15) is 0 Å². The van der Waals surface area contributed by atoms with Crippen molar-refractivity contribution in [3.63, 3.8) is 0 Å². The van der Waals surface area contributed by atoms with Crippen molar-refractivity contribution >= 4 is 29.9 Å². The van der Waals surface area contributed by atoms with Gasteiger partial charge in [0.05, 0.1) is 5.69 Å². The molecular formula is C13H18ClN3O3. The van der Waals surface area contributed by atoms with E-state index in [0.717, 1.165) is 0 Å². The molecule has 2 amide bonds. The first kappa shape index (κ1) is 16.3.